The molecule has 0 aliphatic heterocycles. The van der Waals surface area contributed by atoms with Crippen molar-refractivity contribution < 1.29 is 4.39 Å². The van der Waals surface area contributed by atoms with Crippen LogP contribution in [0.15, 0.2) is 22.7 Å². The quantitative estimate of drug-likeness (QED) is 0.871. The minimum Gasteiger partial charge on any atom is -0.313 e. The molecule has 0 aromatic heterocycles. The van der Waals surface area contributed by atoms with Crippen molar-refractivity contribution in [2.45, 2.75) is 38.1 Å². The van der Waals surface area contributed by atoms with Crippen molar-refractivity contribution in [3.05, 3.63) is 34.1 Å². The predicted molar refractivity (Wildman–Crippen MR) is 72.5 cm³/mol. The van der Waals surface area contributed by atoms with Crippen LogP contribution in [-0.4, -0.2) is 7.05 Å². The molecule has 0 amide bonds. The van der Waals surface area contributed by atoms with Gasteiger partial charge in [-0.25, -0.2) is 4.39 Å². The van der Waals surface area contributed by atoms with Crippen LogP contribution in [0.25, 0.3) is 0 Å². The van der Waals surface area contributed by atoms with E-state index in [2.05, 4.69) is 21.2 Å². The first-order valence-corrected chi connectivity index (χ1v) is 7.14. The van der Waals surface area contributed by atoms with Crippen LogP contribution in [0.5, 0.6) is 0 Å². The third-order valence-corrected chi connectivity index (χ3v) is 4.43. The highest BCUT2D eigenvalue weighted by molar-refractivity contribution is 9.10. The Kier molecular flexibility index (Phi) is 4.57. The maximum absolute atomic E-state index is 14.0. The molecule has 1 aliphatic rings. The second kappa shape index (κ2) is 5.96. The lowest BCUT2D eigenvalue weighted by atomic mass is 9.81. The molecular weight excluding hydrogens is 281 g/mol. The SMILES string of the molecule is CNC(c1c(F)cccc1Br)C1CCCCC1. The summed E-state index contributed by atoms with van der Waals surface area (Å²) in [5.41, 5.74) is 0.793. The Morgan fingerprint density at radius 1 is 1.29 bits per heavy atom. The third kappa shape index (κ3) is 2.89. The average molecular weight is 300 g/mol. The first-order chi connectivity index (χ1) is 8.24. The summed E-state index contributed by atoms with van der Waals surface area (Å²) in [4.78, 5) is 0. The van der Waals surface area contributed by atoms with Crippen LogP contribution in [0.2, 0.25) is 0 Å². The van der Waals surface area contributed by atoms with Crippen LogP contribution in [0, 0.1) is 11.7 Å². The Hall–Kier alpha value is -0.410. The molecule has 1 unspecified atom stereocenters. The zero-order valence-electron chi connectivity index (χ0n) is 10.2. The minimum absolute atomic E-state index is 0.107. The van der Waals surface area contributed by atoms with E-state index in [1.165, 1.54) is 32.1 Å². The highest BCUT2D eigenvalue weighted by atomic mass is 79.9. The summed E-state index contributed by atoms with van der Waals surface area (Å²) in [6, 6.07) is 5.35. The second-order valence-corrected chi connectivity index (χ2v) is 5.65. The maximum Gasteiger partial charge on any atom is 0.129 e. The van der Waals surface area contributed by atoms with Crippen molar-refractivity contribution in [3.63, 3.8) is 0 Å². The molecule has 17 heavy (non-hydrogen) atoms. The van der Waals surface area contributed by atoms with Gasteiger partial charge < -0.3 is 5.32 Å². The van der Waals surface area contributed by atoms with Crippen molar-refractivity contribution in [1.29, 1.82) is 0 Å². The van der Waals surface area contributed by atoms with Crippen molar-refractivity contribution in [1.82, 2.24) is 5.32 Å². The van der Waals surface area contributed by atoms with Gasteiger partial charge in [-0.05, 0) is 37.9 Å². The van der Waals surface area contributed by atoms with Crippen LogP contribution in [0.3, 0.4) is 0 Å². The fourth-order valence-corrected chi connectivity index (χ4v) is 3.48. The topological polar surface area (TPSA) is 12.0 Å². The molecule has 0 heterocycles. The largest absolute Gasteiger partial charge is 0.313 e. The summed E-state index contributed by atoms with van der Waals surface area (Å²) < 4.78 is 14.8. The van der Waals surface area contributed by atoms with E-state index >= 15 is 0 Å². The molecule has 1 aromatic carbocycles. The Morgan fingerprint density at radius 2 is 2.00 bits per heavy atom. The van der Waals surface area contributed by atoms with Crippen LogP contribution in [-0.2, 0) is 0 Å². The fourth-order valence-electron chi connectivity index (χ4n) is 2.89. The number of nitrogens with one attached hydrogen (secondary N) is 1. The molecular formula is C14H19BrFN. The Bertz CT molecular complexity index is 354. The fraction of sp³-hybridized carbons (Fsp3) is 0.571. The summed E-state index contributed by atoms with van der Waals surface area (Å²) in [5, 5.41) is 3.30. The number of benzene rings is 1. The monoisotopic (exact) mass is 299 g/mol. The van der Waals surface area contributed by atoms with Gasteiger partial charge in [0.05, 0.1) is 0 Å². The summed E-state index contributed by atoms with van der Waals surface area (Å²) in [6.07, 6.45) is 6.27. The van der Waals surface area contributed by atoms with E-state index < -0.39 is 0 Å². The van der Waals surface area contributed by atoms with Gasteiger partial charge >= 0.3 is 0 Å². The zero-order chi connectivity index (χ0) is 12.3. The summed E-state index contributed by atoms with van der Waals surface area (Å²) in [5.74, 6) is 0.450. The third-order valence-electron chi connectivity index (χ3n) is 3.74. The molecule has 1 atom stereocenters. The standard InChI is InChI=1S/C14H19BrFN/c1-17-14(10-6-3-2-4-7-10)13-11(15)8-5-9-12(13)16/h5,8-10,14,17H,2-4,6-7H2,1H3. The van der Waals surface area contributed by atoms with E-state index in [-0.39, 0.29) is 11.9 Å². The maximum atomic E-state index is 14.0. The summed E-state index contributed by atoms with van der Waals surface area (Å²) in [6.45, 7) is 0. The van der Waals surface area contributed by atoms with Crippen LogP contribution in [0.1, 0.15) is 43.7 Å². The number of hydrogen-bond donors (Lipinski definition) is 1. The number of rotatable bonds is 3. The first kappa shape index (κ1) is 13.0. The van der Waals surface area contributed by atoms with Crippen LogP contribution in [0.4, 0.5) is 4.39 Å². The van der Waals surface area contributed by atoms with Crippen molar-refractivity contribution in [2.75, 3.05) is 7.05 Å². The molecule has 1 aromatic rings. The molecule has 2 rings (SSSR count). The molecule has 0 saturated heterocycles. The van der Waals surface area contributed by atoms with Crippen LogP contribution < -0.4 is 5.32 Å². The van der Waals surface area contributed by atoms with E-state index in [0.29, 0.717) is 5.92 Å². The molecule has 3 heteroatoms. The minimum atomic E-state index is -0.107. The molecule has 0 radical (unpaired) electrons. The molecule has 0 bridgehead atoms. The Balaban J connectivity index is 2.27. The number of halogens is 2. The van der Waals surface area contributed by atoms with Crippen molar-refractivity contribution in [2.24, 2.45) is 5.92 Å². The number of hydrogen-bond acceptors (Lipinski definition) is 1. The lowest BCUT2D eigenvalue weighted by Gasteiger charge is -2.31. The van der Waals surface area contributed by atoms with E-state index in [1.54, 1.807) is 12.1 Å². The van der Waals surface area contributed by atoms with Gasteiger partial charge in [-0.1, -0.05) is 41.3 Å². The van der Waals surface area contributed by atoms with Gasteiger partial charge in [0.1, 0.15) is 5.82 Å². The smallest absolute Gasteiger partial charge is 0.129 e. The molecule has 1 nitrogen and oxygen atoms in total. The van der Waals surface area contributed by atoms with Crippen molar-refractivity contribution in [3.8, 4) is 0 Å². The van der Waals surface area contributed by atoms with E-state index in [4.69, 9.17) is 0 Å². The molecule has 1 saturated carbocycles. The molecule has 1 N–H and O–H groups in total. The highest BCUT2D eigenvalue weighted by Crippen LogP contribution is 2.37. The Labute approximate surface area is 111 Å². The van der Waals surface area contributed by atoms with E-state index in [1.807, 2.05) is 13.1 Å². The molecule has 94 valence electrons. The Morgan fingerprint density at radius 3 is 2.59 bits per heavy atom. The second-order valence-electron chi connectivity index (χ2n) is 4.80. The van der Waals surface area contributed by atoms with Crippen LogP contribution >= 0.6 is 15.9 Å². The van der Waals surface area contributed by atoms with Gasteiger partial charge in [0, 0.05) is 16.1 Å². The lowest BCUT2D eigenvalue weighted by molar-refractivity contribution is 0.276. The summed E-state index contributed by atoms with van der Waals surface area (Å²) >= 11 is 3.48. The molecule has 0 spiro atoms. The van der Waals surface area contributed by atoms with Gasteiger partial charge in [-0.15, -0.1) is 0 Å². The van der Waals surface area contributed by atoms with Crippen molar-refractivity contribution >= 4 is 15.9 Å². The molecule has 1 aliphatic carbocycles. The van der Waals surface area contributed by atoms with E-state index in [0.717, 1.165) is 10.0 Å². The van der Waals surface area contributed by atoms with E-state index in [9.17, 15) is 4.39 Å². The first-order valence-electron chi connectivity index (χ1n) is 6.35. The highest BCUT2D eigenvalue weighted by Gasteiger charge is 2.27. The van der Waals surface area contributed by atoms with Gasteiger partial charge in [0.2, 0.25) is 0 Å². The zero-order valence-corrected chi connectivity index (χ0v) is 11.8. The van der Waals surface area contributed by atoms with Gasteiger partial charge in [-0.2, -0.15) is 0 Å². The predicted octanol–water partition coefficient (Wildman–Crippen LogP) is 4.43. The average Bonchev–Trinajstić information content (AvgIpc) is 2.35. The summed E-state index contributed by atoms with van der Waals surface area (Å²) in [7, 11) is 1.93. The molecule has 1 fully saturated rings. The van der Waals surface area contributed by atoms with Gasteiger partial charge in [-0.3, -0.25) is 0 Å². The van der Waals surface area contributed by atoms with Gasteiger partial charge in [0.15, 0.2) is 0 Å². The normalized spacial score (nSPS) is 19.2. The van der Waals surface area contributed by atoms with Gasteiger partial charge in [0.25, 0.3) is 0 Å². The lowest BCUT2D eigenvalue weighted by Crippen LogP contribution is -2.28.